The van der Waals surface area contributed by atoms with Crippen molar-refractivity contribution in [2.45, 2.75) is 38.6 Å². The van der Waals surface area contributed by atoms with Gasteiger partial charge in [0.05, 0.1) is 25.1 Å². The van der Waals surface area contributed by atoms with E-state index in [1.165, 1.54) is 0 Å². The monoisotopic (exact) mass is 499 g/mol. The number of H-pyrrole nitrogens is 1. The zero-order valence-corrected chi connectivity index (χ0v) is 20.7. The van der Waals surface area contributed by atoms with Gasteiger partial charge in [-0.25, -0.2) is 0 Å². The average molecular weight is 500 g/mol. The normalized spacial score (nSPS) is 12.1. The Labute approximate surface area is 208 Å². The third-order valence-electron chi connectivity index (χ3n) is 5.94. The molecule has 35 heavy (non-hydrogen) atoms. The summed E-state index contributed by atoms with van der Waals surface area (Å²) in [7, 11) is 3.20. The van der Waals surface area contributed by atoms with Crippen LogP contribution in [0.3, 0.4) is 0 Å². The second kappa shape index (κ2) is 11.3. The minimum Gasteiger partial charge on any atom is -0.493 e. The van der Waals surface area contributed by atoms with Crippen molar-refractivity contribution in [1.29, 1.82) is 0 Å². The van der Waals surface area contributed by atoms with E-state index in [4.69, 9.17) is 31.2 Å². The lowest BCUT2D eigenvalue weighted by Crippen LogP contribution is -2.25. The summed E-state index contributed by atoms with van der Waals surface area (Å²) in [6.07, 6.45) is 3.43. The maximum atomic E-state index is 12.9. The lowest BCUT2D eigenvalue weighted by atomic mass is 10.1. The molecule has 0 saturated carbocycles. The number of carbonyl (C=O) groups is 1. The molecule has 3 aromatic rings. The van der Waals surface area contributed by atoms with Gasteiger partial charge in [-0.15, -0.1) is 0 Å². The van der Waals surface area contributed by atoms with E-state index in [0.29, 0.717) is 64.6 Å². The van der Waals surface area contributed by atoms with Crippen molar-refractivity contribution in [2.75, 3.05) is 27.6 Å². The van der Waals surface area contributed by atoms with Crippen molar-refractivity contribution in [1.82, 2.24) is 14.9 Å². The zero-order valence-electron chi connectivity index (χ0n) is 19.8. The minimum atomic E-state index is -0.157. The molecule has 2 N–H and O–H groups in total. The maximum absolute atomic E-state index is 12.9. The number of methoxy groups -OCH3 is 2. The van der Waals surface area contributed by atoms with Crippen LogP contribution < -0.4 is 29.8 Å². The Hall–Kier alpha value is -3.53. The minimum absolute atomic E-state index is 0.0155. The number of hydrogen-bond donors (Lipinski definition) is 2. The lowest BCUT2D eigenvalue weighted by Gasteiger charge is -2.10. The van der Waals surface area contributed by atoms with Gasteiger partial charge >= 0.3 is 0 Å². The number of aromatic nitrogens is 2. The highest BCUT2D eigenvalue weighted by atomic mass is 32.1. The molecule has 0 radical (unpaired) electrons. The van der Waals surface area contributed by atoms with Gasteiger partial charge in [-0.2, -0.15) is 0 Å². The highest BCUT2D eigenvalue weighted by Gasteiger charge is 2.17. The number of amides is 1. The van der Waals surface area contributed by atoms with E-state index in [9.17, 15) is 9.59 Å². The predicted molar refractivity (Wildman–Crippen MR) is 134 cm³/mol. The van der Waals surface area contributed by atoms with Crippen LogP contribution in [0, 0.1) is 4.77 Å². The number of ether oxygens (including phenoxy) is 4. The number of rotatable bonds is 11. The van der Waals surface area contributed by atoms with Crippen LogP contribution >= 0.6 is 12.2 Å². The van der Waals surface area contributed by atoms with Gasteiger partial charge in [0.15, 0.2) is 27.8 Å². The summed E-state index contributed by atoms with van der Waals surface area (Å²) in [5, 5.41) is 3.47. The summed E-state index contributed by atoms with van der Waals surface area (Å²) in [5.74, 6) is 2.53. The number of hydrogen-bond acceptors (Lipinski definition) is 7. The van der Waals surface area contributed by atoms with Gasteiger partial charge in [0.25, 0.3) is 5.56 Å². The lowest BCUT2D eigenvalue weighted by molar-refractivity contribution is -0.121. The first-order valence-corrected chi connectivity index (χ1v) is 11.9. The summed E-state index contributed by atoms with van der Waals surface area (Å²) in [5.41, 5.74) is 1.53. The molecule has 0 unspecified atom stereocenters. The number of carbonyl (C=O) groups excluding carboxylic acids is 1. The summed E-state index contributed by atoms with van der Waals surface area (Å²) in [6.45, 7) is 1.18. The van der Waals surface area contributed by atoms with E-state index in [1.54, 1.807) is 30.9 Å². The Morgan fingerprint density at radius 1 is 1.09 bits per heavy atom. The molecule has 1 aliphatic rings. The number of benzene rings is 2. The maximum Gasteiger partial charge on any atom is 0.262 e. The molecular formula is C25H29N3O6S. The van der Waals surface area contributed by atoms with E-state index in [0.717, 1.165) is 24.8 Å². The Kier molecular flexibility index (Phi) is 7.91. The van der Waals surface area contributed by atoms with Gasteiger partial charge in [-0.05, 0) is 55.2 Å². The second-order valence-electron chi connectivity index (χ2n) is 8.24. The molecule has 1 aliphatic heterocycles. The molecule has 0 atom stereocenters. The molecule has 0 fully saturated rings. The van der Waals surface area contributed by atoms with Crippen molar-refractivity contribution < 1.29 is 23.7 Å². The van der Waals surface area contributed by atoms with E-state index in [2.05, 4.69) is 10.3 Å². The molecule has 2 aromatic carbocycles. The molecular weight excluding hydrogens is 470 g/mol. The molecule has 0 bridgehead atoms. The molecule has 0 saturated heterocycles. The summed E-state index contributed by atoms with van der Waals surface area (Å²) in [4.78, 5) is 28.2. The van der Waals surface area contributed by atoms with Crippen LogP contribution in [0.25, 0.3) is 10.9 Å². The third kappa shape index (κ3) is 5.76. The Morgan fingerprint density at radius 3 is 2.63 bits per heavy atom. The summed E-state index contributed by atoms with van der Waals surface area (Å²) < 4.78 is 23.2. The van der Waals surface area contributed by atoms with Gasteiger partial charge in [0, 0.05) is 25.6 Å². The molecule has 2 heterocycles. The zero-order chi connectivity index (χ0) is 24.8. The molecule has 9 nitrogen and oxygen atoms in total. The first kappa shape index (κ1) is 24.6. The van der Waals surface area contributed by atoms with Crippen LogP contribution in [0.2, 0.25) is 0 Å². The van der Waals surface area contributed by atoms with Crippen LogP contribution in [0.15, 0.2) is 35.1 Å². The number of nitrogens with one attached hydrogen (secondary N) is 2. The first-order chi connectivity index (χ1) is 17.0. The van der Waals surface area contributed by atoms with Crippen LogP contribution in [-0.2, 0) is 17.8 Å². The Balaban J connectivity index is 1.21. The molecule has 186 valence electrons. The largest absolute Gasteiger partial charge is 0.493 e. The van der Waals surface area contributed by atoms with E-state index in [-0.39, 0.29) is 18.3 Å². The van der Waals surface area contributed by atoms with Crippen molar-refractivity contribution in [3.63, 3.8) is 0 Å². The van der Waals surface area contributed by atoms with Crippen LogP contribution in [0.5, 0.6) is 23.0 Å². The second-order valence-corrected chi connectivity index (χ2v) is 8.62. The molecule has 1 amide bonds. The standard InChI is InChI=1S/C25H29N3O6S/c1-31-19-8-7-16(12-20(19)32-2)9-10-26-23(29)6-4-3-5-11-28-24(30)17-13-21-22(34-15-33-21)14-18(17)27-25(28)35/h7-8,12-14H,3-6,9-11,15H2,1-2H3,(H,26,29)(H,27,35). The van der Waals surface area contributed by atoms with Crippen LogP contribution in [0.1, 0.15) is 31.2 Å². The fraction of sp³-hybridized carbons (Fsp3) is 0.400. The highest BCUT2D eigenvalue weighted by molar-refractivity contribution is 7.71. The van der Waals surface area contributed by atoms with Gasteiger partial charge in [-0.3, -0.25) is 14.2 Å². The smallest absolute Gasteiger partial charge is 0.262 e. The molecule has 0 spiro atoms. The molecule has 1 aromatic heterocycles. The summed E-state index contributed by atoms with van der Waals surface area (Å²) in [6, 6.07) is 9.16. The third-order valence-corrected chi connectivity index (χ3v) is 6.27. The number of aromatic amines is 1. The van der Waals surface area contributed by atoms with Crippen molar-refractivity contribution >= 4 is 29.0 Å². The first-order valence-electron chi connectivity index (χ1n) is 11.5. The highest BCUT2D eigenvalue weighted by Crippen LogP contribution is 2.34. The average Bonchev–Trinajstić information content (AvgIpc) is 3.32. The number of unbranched alkanes of at least 4 members (excludes halogenated alkanes) is 2. The van der Waals surface area contributed by atoms with Gasteiger partial charge in [-0.1, -0.05) is 12.5 Å². The van der Waals surface area contributed by atoms with Gasteiger partial charge in [0.2, 0.25) is 12.7 Å². The molecule has 4 rings (SSSR count). The number of fused-ring (bicyclic) bond motifs is 2. The summed E-state index contributed by atoms with van der Waals surface area (Å²) >= 11 is 5.39. The molecule has 0 aliphatic carbocycles. The van der Waals surface area contributed by atoms with Crippen molar-refractivity contribution in [2.24, 2.45) is 0 Å². The number of nitrogens with zero attached hydrogens (tertiary/aromatic N) is 1. The van der Waals surface area contributed by atoms with Crippen LogP contribution in [0.4, 0.5) is 0 Å². The van der Waals surface area contributed by atoms with Gasteiger partial charge in [0.1, 0.15) is 0 Å². The fourth-order valence-electron chi connectivity index (χ4n) is 4.05. The molecule has 10 heteroatoms. The van der Waals surface area contributed by atoms with Gasteiger partial charge < -0.3 is 29.2 Å². The SMILES string of the molecule is COc1ccc(CCNC(=O)CCCCCn2c(=S)[nH]c3cc4c(cc3c2=O)OCO4)cc1OC. The van der Waals surface area contributed by atoms with E-state index in [1.807, 2.05) is 18.2 Å². The van der Waals surface area contributed by atoms with E-state index >= 15 is 0 Å². The Bertz CT molecular complexity index is 1330. The quantitative estimate of drug-likeness (QED) is 0.306. The van der Waals surface area contributed by atoms with Crippen LogP contribution in [-0.4, -0.2) is 43.0 Å². The van der Waals surface area contributed by atoms with E-state index < -0.39 is 0 Å². The topological polar surface area (TPSA) is 104 Å². The fourth-order valence-corrected chi connectivity index (χ4v) is 4.33. The van der Waals surface area contributed by atoms with Crippen molar-refractivity contribution in [3.8, 4) is 23.0 Å². The Morgan fingerprint density at radius 2 is 1.86 bits per heavy atom. The predicted octanol–water partition coefficient (Wildman–Crippen LogP) is 3.72. The van der Waals surface area contributed by atoms with Crippen molar-refractivity contribution in [3.05, 3.63) is 51.0 Å².